The third-order valence-electron chi connectivity index (χ3n) is 4.57. The number of hydrogen-bond acceptors (Lipinski definition) is 4. The van der Waals surface area contributed by atoms with Crippen molar-refractivity contribution >= 4 is 6.09 Å². The fraction of sp³-hybridized carbons (Fsp3) is 0.944. The number of amides is 1. The summed E-state index contributed by atoms with van der Waals surface area (Å²) in [4.78, 5) is 11.9. The number of rotatable bonds is 5. The first-order chi connectivity index (χ1) is 10.9. The Bertz CT molecular complexity index is 362. The predicted molar refractivity (Wildman–Crippen MR) is 91.6 cm³/mol. The minimum atomic E-state index is -0.434. The Morgan fingerprint density at radius 1 is 1.13 bits per heavy atom. The molecule has 0 aromatic carbocycles. The summed E-state index contributed by atoms with van der Waals surface area (Å²) in [6.45, 7) is 7.62. The maximum atomic E-state index is 11.9. The van der Waals surface area contributed by atoms with Gasteiger partial charge in [0.25, 0.3) is 0 Å². The normalized spacial score (nSPS) is 29.1. The quantitative estimate of drug-likeness (QED) is 0.813. The second kappa shape index (κ2) is 8.88. The second-order valence-electron chi connectivity index (χ2n) is 7.94. The van der Waals surface area contributed by atoms with E-state index in [2.05, 4.69) is 10.6 Å². The van der Waals surface area contributed by atoms with Crippen molar-refractivity contribution in [3.8, 4) is 0 Å². The van der Waals surface area contributed by atoms with Gasteiger partial charge in [0.2, 0.25) is 0 Å². The van der Waals surface area contributed by atoms with E-state index in [0.717, 1.165) is 38.8 Å². The summed E-state index contributed by atoms with van der Waals surface area (Å²) in [6.07, 6.45) is 9.34. The number of nitrogens with one attached hydrogen (secondary N) is 2. The molecule has 2 aliphatic rings. The lowest BCUT2D eigenvalue weighted by Gasteiger charge is -2.32. The zero-order valence-electron chi connectivity index (χ0n) is 15.0. The molecule has 134 valence electrons. The third-order valence-corrected chi connectivity index (χ3v) is 4.57. The summed E-state index contributed by atoms with van der Waals surface area (Å²) in [5.41, 5.74) is -0.434. The Hall–Kier alpha value is -0.810. The van der Waals surface area contributed by atoms with Gasteiger partial charge in [-0.05, 0) is 78.7 Å². The van der Waals surface area contributed by atoms with E-state index in [9.17, 15) is 4.79 Å². The van der Waals surface area contributed by atoms with E-state index in [1.807, 2.05) is 20.8 Å². The molecule has 2 fully saturated rings. The maximum absolute atomic E-state index is 11.9. The van der Waals surface area contributed by atoms with Gasteiger partial charge in [-0.1, -0.05) is 0 Å². The van der Waals surface area contributed by atoms with Crippen molar-refractivity contribution in [2.75, 3.05) is 13.2 Å². The van der Waals surface area contributed by atoms with Gasteiger partial charge in [-0.25, -0.2) is 4.79 Å². The predicted octanol–water partition coefficient (Wildman–Crippen LogP) is 3.37. The molecule has 0 aromatic heterocycles. The Morgan fingerprint density at radius 2 is 1.91 bits per heavy atom. The molecule has 5 heteroatoms. The van der Waals surface area contributed by atoms with Gasteiger partial charge in [-0.2, -0.15) is 0 Å². The van der Waals surface area contributed by atoms with Crippen LogP contribution in [0.25, 0.3) is 0 Å². The van der Waals surface area contributed by atoms with Crippen LogP contribution in [0.1, 0.15) is 72.1 Å². The van der Waals surface area contributed by atoms with Gasteiger partial charge in [-0.15, -0.1) is 0 Å². The van der Waals surface area contributed by atoms with Crippen molar-refractivity contribution < 1.29 is 14.3 Å². The van der Waals surface area contributed by atoms with E-state index in [1.54, 1.807) is 0 Å². The monoisotopic (exact) mass is 326 g/mol. The van der Waals surface area contributed by atoms with Gasteiger partial charge in [0, 0.05) is 18.7 Å². The van der Waals surface area contributed by atoms with Crippen molar-refractivity contribution in [1.29, 1.82) is 0 Å². The topological polar surface area (TPSA) is 59.6 Å². The molecule has 1 aliphatic carbocycles. The average molecular weight is 326 g/mol. The zero-order valence-corrected chi connectivity index (χ0v) is 15.0. The molecular weight excluding hydrogens is 292 g/mol. The van der Waals surface area contributed by atoms with Crippen molar-refractivity contribution in [2.45, 2.75) is 95.9 Å². The molecule has 2 rings (SSSR count). The molecule has 1 saturated heterocycles. The largest absolute Gasteiger partial charge is 0.444 e. The van der Waals surface area contributed by atoms with Crippen LogP contribution in [0.5, 0.6) is 0 Å². The first-order valence-corrected chi connectivity index (χ1v) is 9.27. The van der Waals surface area contributed by atoms with Gasteiger partial charge < -0.3 is 20.1 Å². The molecule has 0 aromatic rings. The highest BCUT2D eigenvalue weighted by molar-refractivity contribution is 5.68. The summed E-state index contributed by atoms with van der Waals surface area (Å²) >= 11 is 0. The number of ether oxygens (including phenoxy) is 2. The fourth-order valence-electron chi connectivity index (χ4n) is 3.46. The van der Waals surface area contributed by atoms with Gasteiger partial charge >= 0.3 is 6.09 Å². The van der Waals surface area contributed by atoms with E-state index in [-0.39, 0.29) is 12.1 Å². The SMILES string of the molecule is CC(C)(C)OC(=O)NC1CCCC(NCCC2CCCCO2)C1. The van der Waals surface area contributed by atoms with Crippen LogP contribution in [0.15, 0.2) is 0 Å². The first-order valence-electron chi connectivity index (χ1n) is 9.27. The van der Waals surface area contributed by atoms with Crippen LogP contribution in [0.2, 0.25) is 0 Å². The number of carbonyl (C=O) groups is 1. The minimum Gasteiger partial charge on any atom is -0.444 e. The molecule has 0 spiro atoms. The van der Waals surface area contributed by atoms with E-state index in [0.29, 0.717) is 12.1 Å². The van der Waals surface area contributed by atoms with E-state index < -0.39 is 5.60 Å². The molecule has 3 atom stereocenters. The standard InChI is InChI=1S/C18H34N2O3/c1-18(2,3)23-17(21)20-15-8-6-7-14(13-15)19-11-10-16-9-4-5-12-22-16/h14-16,19H,4-13H2,1-3H3,(H,20,21). The van der Waals surface area contributed by atoms with E-state index in [4.69, 9.17) is 9.47 Å². The molecule has 3 unspecified atom stereocenters. The molecule has 23 heavy (non-hydrogen) atoms. The number of alkyl carbamates (subject to hydrolysis) is 1. The van der Waals surface area contributed by atoms with Gasteiger partial charge in [0.05, 0.1) is 6.10 Å². The highest BCUT2D eigenvalue weighted by atomic mass is 16.6. The zero-order chi connectivity index (χ0) is 16.7. The summed E-state index contributed by atoms with van der Waals surface area (Å²) in [5, 5.41) is 6.67. The van der Waals surface area contributed by atoms with Gasteiger partial charge in [-0.3, -0.25) is 0 Å². The highest BCUT2D eigenvalue weighted by Crippen LogP contribution is 2.20. The lowest BCUT2D eigenvalue weighted by atomic mass is 9.91. The Labute approximate surface area is 140 Å². The maximum Gasteiger partial charge on any atom is 0.407 e. The van der Waals surface area contributed by atoms with Crippen LogP contribution in [-0.2, 0) is 9.47 Å². The van der Waals surface area contributed by atoms with Crippen LogP contribution in [0.3, 0.4) is 0 Å². The molecule has 1 aliphatic heterocycles. The molecule has 1 saturated carbocycles. The minimum absolute atomic E-state index is 0.224. The van der Waals surface area contributed by atoms with Crippen LogP contribution in [0.4, 0.5) is 4.79 Å². The Kier molecular flexibility index (Phi) is 7.15. The molecular formula is C18H34N2O3. The third kappa shape index (κ3) is 7.53. The molecule has 1 heterocycles. The Balaban J connectivity index is 1.63. The first kappa shape index (κ1) is 18.5. The summed E-state index contributed by atoms with van der Waals surface area (Å²) in [6, 6.07) is 0.717. The number of hydrogen-bond donors (Lipinski definition) is 2. The number of carbonyl (C=O) groups excluding carboxylic acids is 1. The molecule has 2 N–H and O–H groups in total. The summed E-state index contributed by atoms with van der Waals surface area (Å²) < 4.78 is 11.1. The van der Waals surface area contributed by atoms with Crippen LogP contribution in [0, 0.1) is 0 Å². The van der Waals surface area contributed by atoms with Crippen molar-refractivity contribution in [2.24, 2.45) is 0 Å². The molecule has 0 radical (unpaired) electrons. The lowest BCUT2D eigenvalue weighted by Crippen LogP contribution is -2.46. The fourth-order valence-corrected chi connectivity index (χ4v) is 3.46. The smallest absolute Gasteiger partial charge is 0.407 e. The highest BCUT2D eigenvalue weighted by Gasteiger charge is 2.25. The van der Waals surface area contributed by atoms with Crippen LogP contribution < -0.4 is 10.6 Å². The summed E-state index contributed by atoms with van der Waals surface area (Å²) in [5.74, 6) is 0. The Morgan fingerprint density at radius 3 is 2.61 bits per heavy atom. The van der Waals surface area contributed by atoms with Gasteiger partial charge in [0.1, 0.15) is 5.60 Å². The van der Waals surface area contributed by atoms with Crippen molar-refractivity contribution in [3.05, 3.63) is 0 Å². The molecule has 1 amide bonds. The van der Waals surface area contributed by atoms with Gasteiger partial charge in [0.15, 0.2) is 0 Å². The van der Waals surface area contributed by atoms with E-state index in [1.165, 1.54) is 25.7 Å². The summed E-state index contributed by atoms with van der Waals surface area (Å²) in [7, 11) is 0. The van der Waals surface area contributed by atoms with Crippen molar-refractivity contribution in [1.82, 2.24) is 10.6 Å². The second-order valence-corrected chi connectivity index (χ2v) is 7.94. The molecule has 0 bridgehead atoms. The van der Waals surface area contributed by atoms with Crippen LogP contribution >= 0.6 is 0 Å². The van der Waals surface area contributed by atoms with Crippen LogP contribution in [-0.4, -0.2) is 43.0 Å². The molecule has 5 nitrogen and oxygen atoms in total. The van der Waals surface area contributed by atoms with Crippen molar-refractivity contribution in [3.63, 3.8) is 0 Å². The van der Waals surface area contributed by atoms with E-state index >= 15 is 0 Å². The average Bonchev–Trinajstić information content (AvgIpc) is 2.46. The lowest BCUT2D eigenvalue weighted by molar-refractivity contribution is 0.0109.